The van der Waals surface area contributed by atoms with Crippen LogP contribution in [0.1, 0.15) is 55.9 Å². The van der Waals surface area contributed by atoms with Crippen LogP contribution in [0.3, 0.4) is 0 Å². The molecule has 0 spiro atoms. The highest BCUT2D eigenvalue weighted by molar-refractivity contribution is 7.10. The van der Waals surface area contributed by atoms with Gasteiger partial charge in [0.15, 0.2) is 0 Å². The monoisotopic (exact) mass is 279 g/mol. The van der Waals surface area contributed by atoms with Crippen molar-refractivity contribution in [3.63, 3.8) is 0 Å². The Labute approximate surface area is 121 Å². The lowest BCUT2D eigenvalue weighted by Crippen LogP contribution is -1.96. The van der Waals surface area contributed by atoms with Crippen molar-refractivity contribution in [2.24, 2.45) is 5.73 Å². The molecular formula is C16H25NOS. The minimum atomic E-state index is 0.411. The highest BCUT2D eigenvalue weighted by atomic mass is 32.1. The summed E-state index contributed by atoms with van der Waals surface area (Å²) >= 11 is 1.71. The van der Waals surface area contributed by atoms with Gasteiger partial charge in [0.2, 0.25) is 0 Å². The summed E-state index contributed by atoms with van der Waals surface area (Å²) in [5.41, 5.74) is 6.45. The molecule has 1 aromatic rings. The molecule has 0 unspecified atom stereocenters. The third-order valence-electron chi connectivity index (χ3n) is 2.95. The van der Waals surface area contributed by atoms with Gasteiger partial charge in [0.25, 0.3) is 0 Å². The van der Waals surface area contributed by atoms with Crippen LogP contribution in [0.2, 0.25) is 0 Å². The SMILES string of the molecule is CCCCCCCCOCc1sccc1C#CCN. The second-order valence-corrected chi connectivity index (χ2v) is 5.58. The lowest BCUT2D eigenvalue weighted by molar-refractivity contribution is 0.118. The number of hydrogen-bond acceptors (Lipinski definition) is 3. The zero-order valence-electron chi connectivity index (χ0n) is 11.9. The Bertz CT molecular complexity index is 389. The van der Waals surface area contributed by atoms with Gasteiger partial charge in [0.1, 0.15) is 0 Å². The lowest BCUT2D eigenvalue weighted by Gasteiger charge is -2.03. The third-order valence-corrected chi connectivity index (χ3v) is 3.84. The fraction of sp³-hybridized carbons (Fsp3) is 0.625. The van der Waals surface area contributed by atoms with E-state index in [2.05, 4.69) is 24.1 Å². The summed E-state index contributed by atoms with van der Waals surface area (Å²) in [4.78, 5) is 1.21. The van der Waals surface area contributed by atoms with Crippen LogP contribution in [0.25, 0.3) is 0 Å². The summed E-state index contributed by atoms with van der Waals surface area (Å²) in [6, 6.07) is 2.04. The molecule has 1 heterocycles. The van der Waals surface area contributed by atoms with E-state index in [0.29, 0.717) is 13.2 Å². The number of hydrogen-bond donors (Lipinski definition) is 1. The van der Waals surface area contributed by atoms with E-state index in [4.69, 9.17) is 10.5 Å². The number of thiophene rings is 1. The molecular weight excluding hydrogens is 254 g/mol. The molecule has 0 aliphatic carbocycles. The minimum Gasteiger partial charge on any atom is -0.376 e. The van der Waals surface area contributed by atoms with Crippen LogP contribution in [-0.4, -0.2) is 13.2 Å². The lowest BCUT2D eigenvalue weighted by atomic mass is 10.1. The molecule has 0 saturated heterocycles. The number of ether oxygens (including phenoxy) is 1. The Morgan fingerprint density at radius 3 is 2.79 bits per heavy atom. The van der Waals surface area contributed by atoms with Gasteiger partial charge in [-0.1, -0.05) is 50.9 Å². The Morgan fingerprint density at radius 2 is 2.00 bits per heavy atom. The molecule has 1 rings (SSSR count). The number of rotatable bonds is 9. The molecule has 19 heavy (non-hydrogen) atoms. The molecule has 3 heteroatoms. The van der Waals surface area contributed by atoms with Crippen molar-refractivity contribution >= 4 is 11.3 Å². The van der Waals surface area contributed by atoms with E-state index in [1.165, 1.54) is 43.4 Å². The van der Waals surface area contributed by atoms with E-state index < -0.39 is 0 Å². The van der Waals surface area contributed by atoms with Crippen LogP contribution in [0, 0.1) is 11.8 Å². The molecule has 0 aliphatic heterocycles. The molecule has 2 N–H and O–H groups in total. The van der Waals surface area contributed by atoms with Gasteiger partial charge in [-0.15, -0.1) is 11.3 Å². The zero-order chi connectivity index (χ0) is 13.8. The summed E-state index contributed by atoms with van der Waals surface area (Å²) in [6.45, 7) is 4.19. The standard InChI is InChI=1S/C16H25NOS/c1-2-3-4-5-6-7-12-18-14-16-15(9-8-11-17)10-13-19-16/h10,13H,2-7,11-12,14,17H2,1H3. The Kier molecular flexibility index (Phi) is 9.44. The van der Waals surface area contributed by atoms with Crippen molar-refractivity contribution in [1.82, 2.24) is 0 Å². The maximum atomic E-state index is 5.72. The molecule has 0 aromatic carbocycles. The fourth-order valence-electron chi connectivity index (χ4n) is 1.86. The van der Waals surface area contributed by atoms with Crippen molar-refractivity contribution in [1.29, 1.82) is 0 Å². The molecule has 0 atom stereocenters. The summed E-state index contributed by atoms with van der Waals surface area (Å²) in [5, 5.41) is 2.06. The molecule has 0 radical (unpaired) electrons. The average Bonchev–Trinajstić information content (AvgIpc) is 2.87. The Hall–Kier alpha value is -0.820. The predicted molar refractivity (Wildman–Crippen MR) is 83.3 cm³/mol. The average molecular weight is 279 g/mol. The van der Waals surface area contributed by atoms with Crippen LogP contribution in [0.4, 0.5) is 0 Å². The van der Waals surface area contributed by atoms with Crippen molar-refractivity contribution in [2.75, 3.05) is 13.2 Å². The first kappa shape index (κ1) is 16.2. The van der Waals surface area contributed by atoms with E-state index in [1.54, 1.807) is 11.3 Å². The van der Waals surface area contributed by atoms with E-state index >= 15 is 0 Å². The number of unbranched alkanes of at least 4 members (excludes halogenated alkanes) is 5. The van der Waals surface area contributed by atoms with Gasteiger partial charge in [-0.2, -0.15) is 0 Å². The van der Waals surface area contributed by atoms with E-state index in [0.717, 1.165) is 12.2 Å². The van der Waals surface area contributed by atoms with Crippen LogP contribution >= 0.6 is 11.3 Å². The van der Waals surface area contributed by atoms with Crippen molar-refractivity contribution in [2.45, 2.75) is 52.1 Å². The van der Waals surface area contributed by atoms with Gasteiger partial charge in [-0.3, -0.25) is 0 Å². The second kappa shape index (κ2) is 11.0. The van der Waals surface area contributed by atoms with E-state index in [1.807, 2.05) is 6.07 Å². The minimum absolute atomic E-state index is 0.411. The summed E-state index contributed by atoms with van der Waals surface area (Å²) in [6.07, 6.45) is 7.81. The molecule has 1 aromatic heterocycles. The van der Waals surface area contributed by atoms with Gasteiger partial charge in [0.05, 0.1) is 13.2 Å². The Balaban J connectivity index is 2.11. The molecule has 0 aliphatic rings. The van der Waals surface area contributed by atoms with Gasteiger partial charge < -0.3 is 10.5 Å². The fourth-order valence-corrected chi connectivity index (χ4v) is 2.63. The van der Waals surface area contributed by atoms with Crippen molar-refractivity contribution in [3.05, 3.63) is 21.9 Å². The summed E-state index contributed by atoms with van der Waals surface area (Å²) < 4.78 is 5.72. The van der Waals surface area contributed by atoms with Crippen molar-refractivity contribution in [3.8, 4) is 11.8 Å². The quantitative estimate of drug-likeness (QED) is 0.549. The van der Waals surface area contributed by atoms with Crippen LogP contribution in [0.5, 0.6) is 0 Å². The predicted octanol–water partition coefficient (Wildman–Crippen LogP) is 3.94. The van der Waals surface area contributed by atoms with Gasteiger partial charge >= 0.3 is 0 Å². The first-order valence-corrected chi connectivity index (χ1v) is 8.09. The second-order valence-electron chi connectivity index (χ2n) is 4.58. The number of nitrogens with two attached hydrogens (primary N) is 1. The normalized spacial score (nSPS) is 10.2. The topological polar surface area (TPSA) is 35.2 Å². The van der Waals surface area contributed by atoms with E-state index in [-0.39, 0.29) is 0 Å². The van der Waals surface area contributed by atoms with E-state index in [9.17, 15) is 0 Å². The first-order valence-electron chi connectivity index (χ1n) is 7.21. The highest BCUT2D eigenvalue weighted by Crippen LogP contribution is 2.17. The van der Waals surface area contributed by atoms with Crippen LogP contribution in [-0.2, 0) is 11.3 Å². The van der Waals surface area contributed by atoms with Crippen LogP contribution < -0.4 is 5.73 Å². The smallest absolute Gasteiger partial charge is 0.0821 e. The molecule has 106 valence electrons. The maximum Gasteiger partial charge on any atom is 0.0821 e. The summed E-state index contributed by atoms with van der Waals surface area (Å²) in [5.74, 6) is 5.97. The molecule has 0 saturated carbocycles. The van der Waals surface area contributed by atoms with Crippen molar-refractivity contribution < 1.29 is 4.74 Å². The maximum absolute atomic E-state index is 5.72. The largest absolute Gasteiger partial charge is 0.376 e. The van der Waals surface area contributed by atoms with Gasteiger partial charge in [-0.25, -0.2) is 0 Å². The molecule has 0 amide bonds. The summed E-state index contributed by atoms with van der Waals surface area (Å²) in [7, 11) is 0. The Morgan fingerprint density at radius 1 is 1.21 bits per heavy atom. The van der Waals surface area contributed by atoms with Gasteiger partial charge in [0, 0.05) is 17.0 Å². The molecule has 0 fully saturated rings. The van der Waals surface area contributed by atoms with Crippen LogP contribution in [0.15, 0.2) is 11.4 Å². The molecule has 0 bridgehead atoms. The third kappa shape index (κ3) is 7.37. The van der Waals surface area contributed by atoms with Gasteiger partial charge in [-0.05, 0) is 17.9 Å². The zero-order valence-corrected chi connectivity index (χ0v) is 12.7. The highest BCUT2D eigenvalue weighted by Gasteiger charge is 2.01. The molecule has 2 nitrogen and oxygen atoms in total. The first-order chi connectivity index (χ1) is 9.38.